The smallest absolute Gasteiger partial charge is 0.235 e. The zero-order valence-corrected chi connectivity index (χ0v) is 14.4. The minimum atomic E-state index is -0.756. The molecule has 2 saturated carbocycles. The Kier molecular flexibility index (Phi) is 4.23. The fraction of sp³-hybridized carbons (Fsp3) is 0.333. The molecule has 0 heterocycles. The van der Waals surface area contributed by atoms with Gasteiger partial charge in [0.1, 0.15) is 5.82 Å². The first-order valence-electron chi connectivity index (χ1n) is 9.02. The van der Waals surface area contributed by atoms with Crippen LogP contribution in [0.15, 0.2) is 48.5 Å². The molecule has 0 saturated heterocycles. The fourth-order valence-corrected chi connectivity index (χ4v) is 3.24. The molecular formula is C21H21FN2O2. The van der Waals surface area contributed by atoms with Gasteiger partial charge >= 0.3 is 0 Å². The van der Waals surface area contributed by atoms with Crippen LogP contribution in [-0.2, 0) is 21.4 Å². The summed E-state index contributed by atoms with van der Waals surface area (Å²) in [6.07, 6.45) is 3.78. The van der Waals surface area contributed by atoms with E-state index in [-0.39, 0.29) is 17.6 Å². The zero-order valence-electron chi connectivity index (χ0n) is 14.4. The van der Waals surface area contributed by atoms with Gasteiger partial charge in [0.15, 0.2) is 0 Å². The number of amides is 2. The van der Waals surface area contributed by atoms with Crippen LogP contribution in [0.5, 0.6) is 0 Å². The number of halogens is 1. The van der Waals surface area contributed by atoms with Crippen molar-refractivity contribution in [3.05, 3.63) is 65.5 Å². The first-order chi connectivity index (χ1) is 12.6. The minimum absolute atomic E-state index is 0.0285. The van der Waals surface area contributed by atoms with Crippen molar-refractivity contribution in [2.24, 2.45) is 0 Å². The molecule has 2 N–H and O–H groups in total. The Bertz CT molecular complexity index is 839. The van der Waals surface area contributed by atoms with Crippen LogP contribution in [0.1, 0.15) is 36.8 Å². The van der Waals surface area contributed by atoms with Gasteiger partial charge in [0.2, 0.25) is 11.8 Å². The van der Waals surface area contributed by atoms with E-state index in [1.54, 1.807) is 30.3 Å². The maximum Gasteiger partial charge on any atom is 0.235 e. The van der Waals surface area contributed by atoms with Gasteiger partial charge in [0.25, 0.3) is 0 Å². The molecular weight excluding hydrogens is 331 g/mol. The van der Waals surface area contributed by atoms with E-state index in [2.05, 4.69) is 10.6 Å². The summed E-state index contributed by atoms with van der Waals surface area (Å²) in [4.78, 5) is 24.5. The number of rotatable bonds is 6. The van der Waals surface area contributed by atoms with Crippen molar-refractivity contribution < 1.29 is 14.0 Å². The monoisotopic (exact) mass is 352 g/mol. The first-order valence-corrected chi connectivity index (χ1v) is 9.02. The topological polar surface area (TPSA) is 58.2 Å². The van der Waals surface area contributed by atoms with Crippen LogP contribution in [0.2, 0.25) is 0 Å². The highest BCUT2D eigenvalue weighted by atomic mass is 19.1. The van der Waals surface area contributed by atoms with Crippen molar-refractivity contribution in [1.82, 2.24) is 5.32 Å². The normalized spacial score (nSPS) is 17.4. The average molecular weight is 352 g/mol. The highest BCUT2D eigenvalue weighted by Gasteiger charge is 2.52. The average Bonchev–Trinajstić information content (AvgIpc) is 3.52. The highest BCUT2D eigenvalue weighted by Crippen LogP contribution is 2.49. The van der Waals surface area contributed by atoms with Gasteiger partial charge in [-0.1, -0.05) is 30.3 Å². The van der Waals surface area contributed by atoms with Crippen molar-refractivity contribution in [2.45, 2.75) is 43.6 Å². The number of hydrogen-bond acceptors (Lipinski definition) is 2. The lowest BCUT2D eigenvalue weighted by Gasteiger charge is -2.16. The molecule has 2 aliphatic carbocycles. The van der Waals surface area contributed by atoms with E-state index in [1.807, 2.05) is 12.1 Å². The molecule has 26 heavy (non-hydrogen) atoms. The molecule has 2 aromatic carbocycles. The van der Waals surface area contributed by atoms with Crippen molar-refractivity contribution in [3.8, 4) is 0 Å². The summed E-state index contributed by atoms with van der Waals surface area (Å²) in [5.41, 5.74) is 1.26. The molecule has 2 amide bonds. The first kappa shape index (κ1) is 16.8. The van der Waals surface area contributed by atoms with Gasteiger partial charge in [0.05, 0.1) is 11.8 Å². The number of carbonyl (C=O) groups excluding carboxylic acids is 2. The Morgan fingerprint density at radius 3 is 2.35 bits per heavy atom. The molecule has 0 spiro atoms. The van der Waals surface area contributed by atoms with E-state index in [0.29, 0.717) is 36.6 Å². The largest absolute Gasteiger partial charge is 0.353 e. The lowest BCUT2D eigenvalue weighted by Crippen LogP contribution is -2.28. The van der Waals surface area contributed by atoms with E-state index in [1.165, 1.54) is 6.07 Å². The molecule has 0 unspecified atom stereocenters. The lowest BCUT2D eigenvalue weighted by atomic mass is 9.94. The number of nitrogens with one attached hydrogen (secondary N) is 2. The summed E-state index contributed by atoms with van der Waals surface area (Å²) < 4.78 is 14.1. The second-order valence-corrected chi connectivity index (χ2v) is 7.23. The van der Waals surface area contributed by atoms with Gasteiger partial charge in [-0.3, -0.25) is 9.59 Å². The zero-order chi connectivity index (χ0) is 18.1. The van der Waals surface area contributed by atoms with Gasteiger partial charge in [-0.15, -0.1) is 0 Å². The van der Waals surface area contributed by atoms with Crippen molar-refractivity contribution >= 4 is 17.5 Å². The molecule has 2 fully saturated rings. The van der Waals surface area contributed by atoms with E-state index < -0.39 is 5.41 Å². The summed E-state index contributed by atoms with van der Waals surface area (Å²) >= 11 is 0. The molecule has 4 nitrogen and oxygen atoms in total. The fourth-order valence-electron chi connectivity index (χ4n) is 3.24. The molecule has 4 rings (SSSR count). The molecule has 134 valence electrons. The van der Waals surface area contributed by atoms with E-state index in [4.69, 9.17) is 0 Å². The Morgan fingerprint density at radius 2 is 1.73 bits per heavy atom. The van der Waals surface area contributed by atoms with Crippen LogP contribution < -0.4 is 10.6 Å². The molecule has 0 bridgehead atoms. The van der Waals surface area contributed by atoms with Crippen molar-refractivity contribution in [1.29, 1.82) is 0 Å². The van der Waals surface area contributed by atoms with Gasteiger partial charge in [-0.25, -0.2) is 4.39 Å². The number of carbonyl (C=O) groups is 2. The summed E-state index contributed by atoms with van der Waals surface area (Å²) in [5, 5.41) is 5.84. The quantitative estimate of drug-likeness (QED) is 0.838. The standard InChI is InChI=1S/C21H21FN2O2/c22-18-4-2-1-3-17(18)21(11-12-21)20(26)24-16-7-5-14(6-8-16)13-19(25)23-15-9-10-15/h1-8,15H,9-13H2,(H,23,25)(H,24,26). The molecule has 0 aliphatic heterocycles. The summed E-state index contributed by atoms with van der Waals surface area (Å²) in [6, 6.07) is 14.1. The molecule has 5 heteroatoms. The summed E-state index contributed by atoms with van der Waals surface area (Å²) in [7, 11) is 0. The number of anilines is 1. The number of hydrogen-bond donors (Lipinski definition) is 2. The number of benzene rings is 2. The van der Waals surface area contributed by atoms with Crippen molar-refractivity contribution in [2.75, 3.05) is 5.32 Å². The Morgan fingerprint density at radius 1 is 1.04 bits per heavy atom. The van der Waals surface area contributed by atoms with Gasteiger partial charge in [-0.2, -0.15) is 0 Å². The van der Waals surface area contributed by atoms with E-state index >= 15 is 0 Å². The second-order valence-electron chi connectivity index (χ2n) is 7.23. The van der Waals surface area contributed by atoms with Crippen LogP contribution in [0.25, 0.3) is 0 Å². The lowest BCUT2D eigenvalue weighted by molar-refractivity contribution is -0.120. The van der Waals surface area contributed by atoms with Gasteiger partial charge in [-0.05, 0) is 49.4 Å². The highest BCUT2D eigenvalue weighted by molar-refractivity contribution is 6.01. The van der Waals surface area contributed by atoms with Crippen molar-refractivity contribution in [3.63, 3.8) is 0 Å². The molecule has 0 atom stereocenters. The maximum absolute atomic E-state index is 14.1. The maximum atomic E-state index is 14.1. The third-order valence-corrected chi connectivity index (χ3v) is 5.09. The molecule has 2 aromatic rings. The van der Waals surface area contributed by atoms with E-state index in [9.17, 15) is 14.0 Å². The van der Waals surface area contributed by atoms with Crippen LogP contribution >= 0.6 is 0 Å². The molecule has 0 aromatic heterocycles. The predicted molar refractivity (Wildman–Crippen MR) is 97.3 cm³/mol. The Hall–Kier alpha value is -2.69. The summed E-state index contributed by atoms with van der Waals surface area (Å²) in [6.45, 7) is 0. The predicted octanol–water partition coefficient (Wildman–Crippen LogP) is 3.32. The van der Waals surface area contributed by atoms with Crippen LogP contribution in [0, 0.1) is 5.82 Å². The van der Waals surface area contributed by atoms with Crippen LogP contribution in [0.4, 0.5) is 10.1 Å². The van der Waals surface area contributed by atoms with Crippen LogP contribution in [-0.4, -0.2) is 17.9 Å². The minimum Gasteiger partial charge on any atom is -0.353 e. The Balaban J connectivity index is 1.40. The molecule has 0 radical (unpaired) electrons. The van der Waals surface area contributed by atoms with Crippen LogP contribution in [0.3, 0.4) is 0 Å². The second kappa shape index (κ2) is 6.56. The molecule has 2 aliphatic rings. The third kappa shape index (κ3) is 3.47. The van der Waals surface area contributed by atoms with Gasteiger partial charge < -0.3 is 10.6 Å². The van der Waals surface area contributed by atoms with Gasteiger partial charge in [0, 0.05) is 17.3 Å². The SMILES string of the molecule is O=C(Cc1ccc(NC(=O)C2(c3ccccc3F)CC2)cc1)NC1CC1. The Labute approximate surface area is 151 Å². The van der Waals surface area contributed by atoms with E-state index in [0.717, 1.165) is 18.4 Å². The summed E-state index contributed by atoms with van der Waals surface area (Å²) in [5.74, 6) is -0.486. The third-order valence-electron chi connectivity index (χ3n) is 5.09.